The molecule has 0 heterocycles. The average Bonchev–Trinajstić information content (AvgIpc) is 2.06. The Kier molecular flexibility index (Phi) is 1.37. The lowest BCUT2D eigenvalue weighted by atomic mass is 9.72. The summed E-state index contributed by atoms with van der Waals surface area (Å²) in [5.74, 6) is 1.28. The average molecular weight is 135 g/mol. The lowest BCUT2D eigenvalue weighted by Crippen LogP contribution is -2.22. The van der Waals surface area contributed by atoms with Gasteiger partial charge in [0.15, 0.2) is 0 Å². The SMILES string of the molecule is O=[C]C1=CC2CCC1CC2. The molecule has 0 aromatic heterocycles. The van der Waals surface area contributed by atoms with E-state index >= 15 is 0 Å². The van der Waals surface area contributed by atoms with Gasteiger partial charge >= 0.3 is 0 Å². The molecular formula is C9H11O. The minimum Gasteiger partial charge on any atom is -0.285 e. The molecule has 1 saturated carbocycles. The molecule has 0 saturated heterocycles. The van der Waals surface area contributed by atoms with Crippen LogP contribution in [0.15, 0.2) is 11.6 Å². The van der Waals surface area contributed by atoms with Gasteiger partial charge in [-0.3, -0.25) is 4.79 Å². The third kappa shape index (κ3) is 0.808. The van der Waals surface area contributed by atoms with Crippen LogP contribution in [0.5, 0.6) is 0 Å². The Balaban J connectivity index is 2.26. The van der Waals surface area contributed by atoms with Gasteiger partial charge in [-0.2, -0.15) is 0 Å². The van der Waals surface area contributed by atoms with Gasteiger partial charge in [-0.15, -0.1) is 0 Å². The molecule has 0 amide bonds. The Hall–Kier alpha value is -0.590. The Labute approximate surface area is 61.1 Å². The molecule has 53 valence electrons. The summed E-state index contributed by atoms with van der Waals surface area (Å²) in [7, 11) is 0. The summed E-state index contributed by atoms with van der Waals surface area (Å²) < 4.78 is 0. The van der Waals surface area contributed by atoms with Crippen LogP contribution in [0, 0.1) is 11.8 Å². The van der Waals surface area contributed by atoms with Crippen LogP contribution in [0.3, 0.4) is 0 Å². The predicted octanol–water partition coefficient (Wildman–Crippen LogP) is 1.84. The molecule has 0 aliphatic heterocycles. The zero-order valence-electron chi connectivity index (χ0n) is 5.97. The van der Waals surface area contributed by atoms with E-state index in [4.69, 9.17) is 0 Å². The molecule has 1 heteroatoms. The molecule has 1 fully saturated rings. The van der Waals surface area contributed by atoms with E-state index in [1.165, 1.54) is 25.7 Å². The largest absolute Gasteiger partial charge is 0.285 e. The quantitative estimate of drug-likeness (QED) is 0.536. The minimum atomic E-state index is 0.572. The summed E-state index contributed by atoms with van der Waals surface area (Å²) in [4.78, 5) is 10.4. The van der Waals surface area contributed by atoms with Crippen molar-refractivity contribution in [3.63, 3.8) is 0 Å². The van der Waals surface area contributed by atoms with Gasteiger partial charge in [-0.05, 0) is 37.5 Å². The van der Waals surface area contributed by atoms with Crippen molar-refractivity contribution in [2.24, 2.45) is 11.8 Å². The van der Waals surface area contributed by atoms with Crippen LogP contribution in [0.1, 0.15) is 25.7 Å². The summed E-state index contributed by atoms with van der Waals surface area (Å²) in [5.41, 5.74) is 0.961. The van der Waals surface area contributed by atoms with Crippen molar-refractivity contribution in [1.82, 2.24) is 0 Å². The summed E-state index contributed by atoms with van der Waals surface area (Å²) >= 11 is 0. The fraction of sp³-hybridized carbons (Fsp3) is 0.667. The lowest BCUT2D eigenvalue weighted by molar-refractivity contribution is 0.319. The topological polar surface area (TPSA) is 17.1 Å². The van der Waals surface area contributed by atoms with Crippen LogP contribution < -0.4 is 0 Å². The first kappa shape index (κ1) is 6.14. The summed E-state index contributed by atoms with van der Waals surface area (Å²) in [6.07, 6.45) is 9.23. The van der Waals surface area contributed by atoms with Crippen LogP contribution >= 0.6 is 0 Å². The molecule has 0 aromatic carbocycles. The molecule has 0 spiro atoms. The van der Waals surface area contributed by atoms with Crippen LogP contribution in [0.2, 0.25) is 0 Å². The Bertz CT molecular complexity index is 173. The van der Waals surface area contributed by atoms with Crippen molar-refractivity contribution in [2.75, 3.05) is 0 Å². The smallest absolute Gasteiger partial charge is 0.229 e. The zero-order chi connectivity index (χ0) is 6.97. The number of hydrogen-bond donors (Lipinski definition) is 0. The first-order chi connectivity index (χ1) is 4.90. The summed E-state index contributed by atoms with van der Waals surface area (Å²) in [6, 6.07) is 0. The number of allylic oxidation sites excluding steroid dienone is 2. The van der Waals surface area contributed by atoms with Gasteiger partial charge < -0.3 is 0 Å². The van der Waals surface area contributed by atoms with Gasteiger partial charge in [0, 0.05) is 5.57 Å². The molecule has 3 aliphatic rings. The second-order valence-corrected chi connectivity index (χ2v) is 3.34. The third-order valence-corrected chi connectivity index (χ3v) is 2.74. The predicted molar refractivity (Wildman–Crippen MR) is 39.2 cm³/mol. The molecule has 10 heavy (non-hydrogen) atoms. The number of hydrogen-bond acceptors (Lipinski definition) is 1. The van der Waals surface area contributed by atoms with Gasteiger partial charge in [0.05, 0.1) is 0 Å². The van der Waals surface area contributed by atoms with Crippen molar-refractivity contribution >= 4 is 6.29 Å². The van der Waals surface area contributed by atoms with Gasteiger partial charge in [0.2, 0.25) is 6.29 Å². The Morgan fingerprint density at radius 2 is 2.00 bits per heavy atom. The normalized spacial score (nSPS) is 37.4. The maximum Gasteiger partial charge on any atom is 0.229 e. The van der Waals surface area contributed by atoms with Gasteiger partial charge in [0.1, 0.15) is 0 Å². The van der Waals surface area contributed by atoms with E-state index in [0.717, 1.165) is 5.57 Å². The van der Waals surface area contributed by atoms with Crippen LogP contribution in [0.25, 0.3) is 0 Å². The Morgan fingerprint density at radius 3 is 2.30 bits per heavy atom. The zero-order valence-corrected chi connectivity index (χ0v) is 5.97. The van der Waals surface area contributed by atoms with Crippen LogP contribution in [0.4, 0.5) is 0 Å². The molecule has 1 radical (unpaired) electrons. The van der Waals surface area contributed by atoms with Gasteiger partial charge in [0.25, 0.3) is 0 Å². The highest BCUT2D eigenvalue weighted by molar-refractivity contribution is 5.75. The third-order valence-electron chi connectivity index (χ3n) is 2.74. The maximum atomic E-state index is 10.4. The van der Waals surface area contributed by atoms with E-state index in [0.29, 0.717) is 11.8 Å². The highest BCUT2D eigenvalue weighted by Gasteiger charge is 2.28. The van der Waals surface area contributed by atoms with Crippen molar-refractivity contribution in [2.45, 2.75) is 25.7 Å². The molecule has 0 N–H and O–H groups in total. The van der Waals surface area contributed by atoms with E-state index < -0.39 is 0 Å². The van der Waals surface area contributed by atoms with E-state index in [1.54, 1.807) is 0 Å². The molecule has 2 bridgehead atoms. The van der Waals surface area contributed by atoms with E-state index in [1.807, 2.05) is 6.29 Å². The molecular weight excluding hydrogens is 124 g/mol. The van der Waals surface area contributed by atoms with E-state index in [2.05, 4.69) is 6.08 Å². The van der Waals surface area contributed by atoms with Gasteiger partial charge in [-0.1, -0.05) is 6.08 Å². The summed E-state index contributed by atoms with van der Waals surface area (Å²) in [5, 5.41) is 0. The highest BCUT2D eigenvalue weighted by Crippen LogP contribution is 2.39. The molecule has 0 atom stereocenters. The van der Waals surface area contributed by atoms with Crippen LogP contribution in [-0.4, -0.2) is 6.29 Å². The van der Waals surface area contributed by atoms with Crippen molar-refractivity contribution < 1.29 is 4.79 Å². The van der Waals surface area contributed by atoms with Crippen molar-refractivity contribution in [1.29, 1.82) is 0 Å². The van der Waals surface area contributed by atoms with E-state index in [-0.39, 0.29) is 0 Å². The first-order valence-corrected chi connectivity index (χ1v) is 4.00. The fourth-order valence-electron chi connectivity index (χ4n) is 2.10. The summed E-state index contributed by atoms with van der Waals surface area (Å²) in [6.45, 7) is 0. The highest BCUT2D eigenvalue weighted by atomic mass is 16.1. The van der Waals surface area contributed by atoms with Gasteiger partial charge in [-0.25, -0.2) is 0 Å². The standard InChI is InChI=1S/C9H11O/c10-6-9-5-7-1-3-8(9)4-2-7/h5,7-8H,1-4H2. The maximum absolute atomic E-state index is 10.4. The molecule has 0 unspecified atom stereocenters. The second kappa shape index (κ2) is 2.22. The molecule has 0 aromatic rings. The number of rotatable bonds is 1. The fourth-order valence-corrected chi connectivity index (χ4v) is 2.10. The van der Waals surface area contributed by atoms with E-state index in [9.17, 15) is 4.79 Å². The number of carbonyl (C=O) groups excluding carboxylic acids is 1. The number of fused-ring (bicyclic) bond motifs is 2. The molecule has 3 rings (SSSR count). The Morgan fingerprint density at radius 1 is 1.30 bits per heavy atom. The first-order valence-electron chi connectivity index (χ1n) is 4.00. The molecule has 3 aliphatic carbocycles. The van der Waals surface area contributed by atoms with Crippen molar-refractivity contribution in [3.05, 3.63) is 11.6 Å². The monoisotopic (exact) mass is 135 g/mol. The van der Waals surface area contributed by atoms with Crippen molar-refractivity contribution in [3.8, 4) is 0 Å². The minimum absolute atomic E-state index is 0.572. The second-order valence-electron chi connectivity index (χ2n) is 3.34. The lowest BCUT2D eigenvalue weighted by Gasteiger charge is -2.32. The molecule has 1 nitrogen and oxygen atoms in total. The van der Waals surface area contributed by atoms with Crippen LogP contribution in [-0.2, 0) is 4.79 Å².